The molecule has 3 N–H and O–H groups in total. The standard InChI is InChI=1S/C16H17N.C12H13N.C4H5Br.ClH/c1-3-4-12-17-13(2)15-11-7-9-14-8-5-6-10-16(14)15;1-9(13)11-8-4-6-10-5-2-3-7-12(10)11;1-2-3-4-5;/h5-11,13,17H,12H2,1-2H3;2-9H,13H2,1H3;4H2,1H3;1H/t13-;9-;;/m11../s1. The van der Waals surface area contributed by atoms with E-state index in [0.717, 1.165) is 11.9 Å². The van der Waals surface area contributed by atoms with Gasteiger partial charge < -0.3 is 5.73 Å². The Labute approximate surface area is 231 Å². The quantitative estimate of drug-likeness (QED) is 0.194. The average Bonchev–Trinajstić information content (AvgIpc) is 2.89. The lowest BCUT2D eigenvalue weighted by Crippen LogP contribution is -2.18. The van der Waals surface area contributed by atoms with Gasteiger partial charge in [-0.2, -0.15) is 0 Å². The van der Waals surface area contributed by atoms with Gasteiger partial charge in [0.15, 0.2) is 0 Å². The van der Waals surface area contributed by atoms with Crippen molar-refractivity contribution in [3.05, 3.63) is 96.1 Å². The smallest absolute Gasteiger partial charge is 0.0645 e. The second-order valence-electron chi connectivity index (χ2n) is 8.02. The van der Waals surface area contributed by atoms with E-state index in [0.29, 0.717) is 6.04 Å². The van der Waals surface area contributed by atoms with E-state index in [1.54, 1.807) is 0 Å². The van der Waals surface area contributed by atoms with Crippen LogP contribution in [0.4, 0.5) is 0 Å². The normalized spacial score (nSPS) is 11.1. The number of nitrogens with one attached hydrogen (secondary N) is 1. The van der Waals surface area contributed by atoms with E-state index in [1.165, 1.54) is 32.7 Å². The van der Waals surface area contributed by atoms with Crippen molar-refractivity contribution < 1.29 is 0 Å². The molecular weight excluding hydrogens is 528 g/mol. The van der Waals surface area contributed by atoms with E-state index in [4.69, 9.17) is 5.73 Å². The Morgan fingerprint density at radius 3 is 1.67 bits per heavy atom. The summed E-state index contributed by atoms with van der Waals surface area (Å²) >= 11 is 3.14. The zero-order chi connectivity index (χ0) is 25.5. The van der Waals surface area contributed by atoms with Crippen LogP contribution in [0.2, 0.25) is 0 Å². The van der Waals surface area contributed by atoms with E-state index < -0.39 is 0 Å². The minimum Gasteiger partial charge on any atom is -0.324 e. The Morgan fingerprint density at radius 2 is 1.19 bits per heavy atom. The zero-order valence-corrected chi connectivity index (χ0v) is 23.9. The van der Waals surface area contributed by atoms with Crippen LogP contribution in [0.15, 0.2) is 84.9 Å². The summed E-state index contributed by atoms with van der Waals surface area (Å²) in [6.45, 7) is 8.62. The van der Waals surface area contributed by atoms with Crippen LogP contribution >= 0.6 is 28.3 Å². The summed E-state index contributed by atoms with van der Waals surface area (Å²) in [5.41, 5.74) is 8.43. The van der Waals surface area contributed by atoms with Crippen molar-refractivity contribution in [1.29, 1.82) is 0 Å². The Morgan fingerprint density at radius 1 is 0.722 bits per heavy atom. The summed E-state index contributed by atoms with van der Waals surface area (Å²) in [7, 11) is 0. The van der Waals surface area contributed by atoms with Gasteiger partial charge in [0.2, 0.25) is 0 Å². The molecule has 4 rings (SSSR count). The van der Waals surface area contributed by atoms with Crippen LogP contribution < -0.4 is 11.1 Å². The minimum atomic E-state index is 0. The van der Waals surface area contributed by atoms with Crippen molar-refractivity contribution in [2.75, 3.05) is 11.9 Å². The molecular formula is C32H36BrClN2. The van der Waals surface area contributed by atoms with Crippen molar-refractivity contribution >= 4 is 49.9 Å². The minimum absolute atomic E-state index is 0. The highest BCUT2D eigenvalue weighted by Crippen LogP contribution is 2.24. The van der Waals surface area contributed by atoms with Gasteiger partial charge >= 0.3 is 0 Å². The third kappa shape index (κ3) is 9.69. The Balaban J connectivity index is 0.000000303. The highest BCUT2D eigenvalue weighted by atomic mass is 79.9. The van der Waals surface area contributed by atoms with Crippen LogP contribution in [0.25, 0.3) is 21.5 Å². The molecule has 0 bridgehead atoms. The maximum Gasteiger partial charge on any atom is 0.0645 e. The molecule has 4 aromatic carbocycles. The lowest BCUT2D eigenvalue weighted by atomic mass is 10.00. The Hall–Kier alpha value is -2.79. The summed E-state index contributed by atoms with van der Waals surface area (Å²) in [5.74, 6) is 11.4. The first-order chi connectivity index (χ1) is 17.0. The van der Waals surface area contributed by atoms with Gasteiger partial charge in [-0.1, -0.05) is 113 Å². The number of alkyl halides is 1. The van der Waals surface area contributed by atoms with E-state index >= 15 is 0 Å². The summed E-state index contributed by atoms with van der Waals surface area (Å²) in [5, 5.41) is 9.35. The molecule has 4 aromatic rings. The number of halogens is 2. The van der Waals surface area contributed by atoms with E-state index in [9.17, 15) is 0 Å². The van der Waals surface area contributed by atoms with Crippen molar-refractivity contribution in [1.82, 2.24) is 5.32 Å². The summed E-state index contributed by atoms with van der Waals surface area (Å²) in [4.78, 5) is 0. The van der Waals surface area contributed by atoms with E-state index in [-0.39, 0.29) is 18.4 Å². The maximum absolute atomic E-state index is 5.88. The Bertz CT molecular complexity index is 1320. The monoisotopic (exact) mass is 562 g/mol. The van der Waals surface area contributed by atoms with Crippen LogP contribution in [0.1, 0.15) is 50.9 Å². The molecule has 0 saturated heterocycles. The summed E-state index contributed by atoms with van der Waals surface area (Å²) in [6.07, 6.45) is 0. The molecule has 0 fully saturated rings. The first kappa shape index (κ1) is 31.2. The van der Waals surface area contributed by atoms with Crippen LogP contribution in [0.5, 0.6) is 0 Å². The molecule has 188 valence electrons. The van der Waals surface area contributed by atoms with Crippen molar-refractivity contribution in [2.24, 2.45) is 5.73 Å². The fourth-order valence-corrected chi connectivity index (χ4v) is 4.03. The van der Waals surface area contributed by atoms with Gasteiger partial charge in [0.1, 0.15) is 0 Å². The van der Waals surface area contributed by atoms with Gasteiger partial charge in [0.05, 0.1) is 11.9 Å². The van der Waals surface area contributed by atoms with Gasteiger partial charge in [-0.05, 0) is 60.4 Å². The third-order valence-corrected chi connectivity index (χ3v) is 5.80. The number of nitrogens with two attached hydrogens (primary N) is 1. The number of hydrogen-bond acceptors (Lipinski definition) is 2. The van der Waals surface area contributed by atoms with Gasteiger partial charge in [-0.15, -0.1) is 24.2 Å². The molecule has 0 aromatic heterocycles. The molecule has 4 heteroatoms. The van der Waals surface area contributed by atoms with Crippen LogP contribution in [0, 0.1) is 23.7 Å². The second-order valence-corrected chi connectivity index (χ2v) is 8.58. The SMILES string of the molecule is CC#CCBr.CC#CCN[C@H](C)c1cccc2ccccc12.C[C@@H](N)c1cccc2ccccc12.Cl. The predicted octanol–water partition coefficient (Wildman–Crippen LogP) is 8.20. The van der Waals surface area contributed by atoms with E-state index in [2.05, 4.69) is 125 Å². The van der Waals surface area contributed by atoms with Crippen LogP contribution in [-0.2, 0) is 0 Å². The summed E-state index contributed by atoms with van der Waals surface area (Å²) < 4.78 is 0. The molecule has 0 spiro atoms. The van der Waals surface area contributed by atoms with Crippen LogP contribution in [0.3, 0.4) is 0 Å². The van der Waals surface area contributed by atoms with Gasteiger partial charge in [-0.3, -0.25) is 5.32 Å². The highest BCUT2D eigenvalue weighted by Gasteiger charge is 2.07. The third-order valence-electron chi connectivity index (χ3n) is 5.52. The van der Waals surface area contributed by atoms with Gasteiger partial charge in [0, 0.05) is 12.1 Å². The van der Waals surface area contributed by atoms with E-state index in [1.807, 2.05) is 32.9 Å². The zero-order valence-electron chi connectivity index (χ0n) is 21.5. The molecule has 2 nitrogen and oxygen atoms in total. The molecule has 0 amide bonds. The number of fused-ring (bicyclic) bond motifs is 2. The first-order valence-corrected chi connectivity index (χ1v) is 12.9. The molecule has 0 aliphatic heterocycles. The molecule has 0 aliphatic carbocycles. The van der Waals surface area contributed by atoms with Crippen molar-refractivity contribution in [3.8, 4) is 23.7 Å². The van der Waals surface area contributed by atoms with Gasteiger partial charge in [0.25, 0.3) is 0 Å². The lowest BCUT2D eigenvalue weighted by molar-refractivity contribution is 0.627. The molecule has 0 aliphatic rings. The lowest BCUT2D eigenvalue weighted by Gasteiger charge is -2.14. The fraction of sp³-hybridized carbons (Fsp3) is 0.250. The average molecular weight is 564 g/mol. The summed E-state index contributed by atoms with van der Waals surface area (Å²) in [6, 6.07) is 29.9. The predicted molar refractivity (Wildman–Crippen MR) is 165 cm³/mol. The number of rotatable bonds is 4. The van der Waals surface area contributed by atoms with Gasteiger partial charge in [-0.25, -0.2) is 0 Å². The molecule has 0 unspecified atom stereocenters. The van der Waals surface area contributed by atoms with Crippen LogP contribution in [-0.4, -0.2) is 11.9 Å². The first-order valence-electron chi connectivity index (χ1n) is 11.8. The number of benzene rings is 4. The number of hydrogen-bond donors (Lipinski definition) is 2. The molecule has 0 heterocycles. The Kier molecular flexibility index (Phi) is 15.3. The van der Waals surface area contributed by atoms with Crippen molar-refractivity contribution in [2.45, 2.75) is 39.8 Å². The largest absolute Gasteiger partial charge is 0.324 e. The second kappa shape index (κ2) is 17.6. The molecule has 36 heavy (non-hydrogen) atoms. The fourth-order valence-electron chi connectivity index (χ4n) is 3.74. The highest BCUT2D eigenvalue weighted by molar-refractivity contribution is 9.09. The molecule has 0 radical (unpaired) electrons. The molecule has 0 saturated carbocycles. The topological polar surface area (TPSA) is 38.0 Å². The van der Waals surface area contributed by atoms with Crippen molar-refractivity contribution in [3.63, 3.8) is 0 Å². The maximum atomic E-state index is 5.88. The molecule has 2 atom stereocenters.